The fourth-order valence-corrected chi connectivity index (χ4v) is 4.29. The number of aryl methyl sites for hydroxylation is 1. The number of carbonyl (C=O) groups excluding carboxylic acids is 1. The van der Waals surface area contributed by atoms with Gasteiger partial charge < -0.3 is 10.4 Å². The smallest absolute Gasteiger partial charge is 0.222 e. The molecule has 5 heteroatoms. The lowest BCUT2D eigenvalue weighted by Crippen LogP contribution is -2.41. The Balaban J connectivity index is 1.61. The molecule has 0 unspecified atom stereocenters. The van der Waals surface area contributed by atoms with E-state index in [0.717, 1.165) is 25.6 Å². The molecule has 1 saturated carbocycles. The van der Waals surface area contributed by atoms with Crippen LogP contribution in [-0.4, -0.2) is 41.7 Å². The van der Waals surface area contributed by atoms with Crippen molar-refractivity contribution in [1.29, 1.82) is 0 Å². The van der Waals surface area contributed by atoms with Crippen molar-refractivity contribution in [2.75, 3.05) is 19.7 Å². The number of nitrogens with zero attached hydrogens (tertiary/aromatic N) is 1. The van der Waals surface area contributed by atoms with Gasteiger partial charge in [0.2, 0.25) is 5.91 Å². The molecule has 116 valence electrons. The standard InChI is InChI=1S/C16H24N2O2S/c1-11-5-7-21-15(11)10-18-8-13(12-2-3-12)14(9-18)17-16(20)4-6-19/h5,7,12-14,19H,2-4,6,8-10H2,1H3,(H,17,20)/t13-,14+/m0/s1. The van der Waals surface area contributed by atoms with Crippen LogP contribution in [0, 0.1) is 18.8 Å². The van der Waals surface area contributed by atoms with Gasteiger partial charge in [-0.05, 0) is 48.6 Å². The minimum atomic E-state index is -0.0647. The molecule has 21 heavy (non-hydrogen) atoms. The summed E-state index contributed by atoms with van der Waals surface area (Å²) in [5.74, 6) is 1.37. The third-order valence-electron chi connectivity index (χ3n) is 4.69. The molecular weight excluding hydrogens is 284 g/mol. The predicted octanol–water partition coefficient (Wildman–Crippen LogP) is 1.77. The number of thiophene rings is 1. The van der Waals surface area contributed by atoms with Crippen molar-refractivity contribution in [2.24, 2.45) is 11.8 Å². The molecule has 2 heterocycles. The van der Waals surface area contributed by atoms with Crippen LogP contribution in [0.4, 0.5) is 0 Å². The van der Waals surface area contributed by atoms with Gasteiger partial charge in [0.05, 0.1) is 6.61 Å². The van der Waals surface area contributed by atoms with E-state index in [1.807, 2.05) is 11.3 Å². The molecule has 1 aliphatic heterocycles. The summed E-state index contributed by atoms with van der Waals surface area (Å²) in [5.41, 5.74) is 1.37. The molecule has 1 aromatic heterocycles. The minimum Gasteiger partial charge on any atom is -0.396 e. The van der Waals surface area contributed by atoms with E-state index in [-0.39, 0.29) is 25.0 Å². The number of rotatable bonds is 6. The lowest BCUT2D eigenvalue weighted by atomic mass is 9.98. The van der Waals surface area contributed by atoms with Gasteiger partial charge in [-0.2, -0.15) is 0 Å². The Morgan fingerprint density at radius 3 is 2.90 bits per heavy atom. The van der Waals surface area contributed by atoms with Crippen LogP contribution in [0.5, 0.6) is 0 Å². The molecule has 1 aromatic rings. The maximum absolute atomic E-state index is 11.8. The Hall–Kier alpha value is -0.910. The zero-order chi connectivity index (χ0) is 14.8. The summed E-state index contributed by atoms with van der Waals surface area (Å²) in [5, 5.41) is 14.2. The number of hydrogen-bond donors (Lipinski definition) is 2. The molecule has 3 rings (SSSR count). The van der Waals surface area contributed by atoms with Gasteiger partial charge in [-0.15, -0.1) is 11.3 Å². The van der Waals surface area contributed by atoms with Crippen molar-refractivity contribution in [3.05, 3.63) is 21.9 Å². The molecular formula is C16H24N2O2S. The van der Waals surface area contributed by atoms with Gasteiger partial charge in [0, 0.05) is 37.0 Å². The van der Waals surface area contributed by atoms with Crippen molar-refractivity contribution in [3.63, 3.8) is 0 Å². The van der Waals surface area contributed by atoms with Crippen LogP contribution in [0.2, 0.25) is 0 Å². The summed E-state index contributed by atoms with van der Waals surface area (Å²) in [4.78, 5) is 15.7. The molecule has 4 nitrogen and oxygen atoms in total. The van der Waals surface area contributed by atoms with Gasteiger partial charge in [-0.1, -0.05) is 0 Å². The molecule has 1 amide bonds. The zero-order valence-electron chi connectivity index (χ0n) is 12.5. The van der Waals surface area contributed by atoms with E-state index >= 15 is 0 Å². The van der Waals surface area contributed by atoms with E-state index in [2.05, 4.69) is 28.6 Å². The quantitative estimate of drug-likeness (QED) is 0.842. The van der Waals surface area contributed by atoms with Crippen molar-refractivity contribution >= 4 is 17.2 Å². The Labute approximate surface area is 130 Å². The van der Waals surface area contributed by atoms with E-state index in [1.165, 1.54) is 23.3 Å². The van der Waals surface area contributed by atoms with Crippen LogP contribution in [0.3, 0.4) is 0 Å². The van der Waals surface area contributed by atoms with Gasteiger partial charge in [0.25, 0.3) is 0 Å². The fraction of sp³-hybridized carbons (Fsp3) is 0.688. The first-order chi connectivity index (χ1) is 10.2. The van der Waals surface area contributed by atoms with Crippen molar-refractivity contribution in [3.8, 4) is 0 Å². The van der Waals surface area contributed by atoms with E-state index < -0.39 is 0 Å². The monoisotopic (exact) mass is 308 g/mol. The summed E-state index contributed by atoms with van der Waals surface area (Å²) in [6, 6.07) is 2.44. The molecule has 2 aliphatic rings. The summed E-state index contributed by atoms with van der Waals surface area (Å²) in [6.45, 7) is 5.13. The number of aliphatic hydroxyl groups is 1. The van der Waals surface area contributed by atoms with Crippen LogP contribution < -0.4 is 5.32 Å². The molecule has 0 bridgehead atoms. The number of amides is 1. The number of aliphatic hydroxyl groups excluding tert-OH is 1. The fourth-order valence-electron chi connectivity index (χ4n) is 3.35. The van der Waals surface area contributed by atoms with E-state index in [4.69, 9.17) is 5.11 Å². The summed E-state index contributed by atoms with van der Waals surface area (Å²) >= 11 is 1.82. The molecule has 2 N–H and O–H groups in total. The Kier molecular flexibility index (Phi) is 4.62. The van der Waals surface area contributed by atoms with Gasteiger partial charge in [0.1, 0.15) is 0 Å². The predicted molar refractivity (Wildman–Crippen MR) is 84.2 cm³/mol. The SMILES string of the molecule is Cc1ccsc1CN1C[C@@H](NC(=O)CCO)[C@H](C2CC2)C1. The first-order valence-corrected chi connectivity index (χ1v) is 8.71. The highest BCUT2D eigenvalue weighted by atomic mass is 32.1. The zero-order valence-corrected chi connectivity index (χ0v) is 13.4. The molecule has 2 fully saturated rings. The van der Waals surface area contributed by atoms with Crippen LogP contribution in [0.15, 0.2) is 11.4 Å². The van der Waals surface area contributed by atoms with E-state index in [9.17, 15) is 4.79 Å². The average Bonchev–Trinajstić information content (AvgIpc) is 3.10. The Morgan fingerprint density at radius 1 is 1.48 bits per heavy atom. The molecule has 0 radical (unpaired) electrons. The van der Waals surface area contributed by atoms with Crippen LogP contribution in [0.1, 0.15) is 29.7 Å². The Bertz CT molecular complexity index is 498. The summed E-state index contributed by atoms with van der Waals surface area (Å²) in [6.07, 6.45) is 2.84. The Morgan fingerprint density at radius 2 is 2.29 bits per heavy atom. The van der Waals surface area contributed by atoms with Crippen LogP contribution in [0.25, 0.3) is 0 Å². The molecule has 1 saturated heterocycles. The second-order valence-corrected chi connectivity index (χ2v) is 7.37. The lowest BCUT2D eigenvalue weighted by Gasteiger charge is -2.19. The topological polar surface area (TPSA) is 52.6 Å². The second-order valence-electron chi connectivity index (χ2n) is 6.37. The number of likely N-dealkylation sites (tertiary alicyclic amines) is 1. The van der Waals surface area contributed by atoms with Crippen molar-refractivity contribution in [2.45, 2.75) is 38.8 Å². The minimum absolute atomic E-state index is 0.0118. The highest BCUT2D eigenvalue weighted by Crippen LogP contribution is 2.42. The van der Waals surface area contributed by atoms with E-state index in [1.54, 1.807) is 0 Å². The number of carbonyl (C=O) groups is 1. The first-order valence-electron chi connectivity index (χ1n) is 7.83. The maximum atomic E-state index is 11.8. The van der Waals surface area contributed by atoms with Crippen molar-refractivity contribution < 1.29 is 9.90 Å². The summed E-state index contributed by atoms with van der Waals surface area (Å²) in [7, 11) is 0. The molecule has 2 atom stereocenters. The van der Waals surface area contributed by atoms with E-state index in [0.29, 0.717) is 5.92 Å². The van der Waals surface area contributed by atoms with Crippen molar-refractivity contribution in [1.82, 2.24) is 10.2 Å². The largest absolute Gasteiger partial charge is 0.396 e. The number of hydrogen-bond acceptors (Lipinski definition) is 4. The highest BCUT2D eigenvalue weighted by Gasteiger charge is 2.42. The summed E-state index contributed by atoms with van der Waals surface area (Å²) < 4.78 is 0. The van der Waals surface area contributed by atoms with Gasteiger partial charge in [-0.3, -0.25) is 9.69 Å². The normalized spacial score (nSPS) is 26.2. The van der Waals surface area contributed by atoms with Gasteiger partial charge in [0.15, 0.2) is 0 Å². The first kappa shape index (κ1) is 15.0. The average molecular weight is 308 g/mol. The second kappa shape index (κ2) is 6.46. The molecule has 0 aromatic carbocycles. The third-order valence-corrected chi connectivity index (χ3v) is 5.70. The van der Waals surface area contributed by atoms with Crippen LogP contribution >= 0.6 is 11.3 Å². The third kappa shape index (κ3) is 3.65. The molecule has 1 aliphatic carbocycles. The lowest BCUT2D eigenvalue weighted by molar-refractivity contribution is -0.122. The number of nitrogens with one attached hydrogen (secondary N) is 1. The van der Waals surface area contributed by atoms with Crippen LogP contribution in [-0.2, 0) is 11.3 Å². The molecule has 0 spiro atoms. The maximum Gasteiger partial charge on any atom is 0.222 e. The highest BCUT2D eigenvalue weighted by molar-refractivity contribution is 7.10. The van der Waals surface area contributed by atoms with Gasteiger partial charge >= 0.3 is 0 Å². The van der Waals surface area contributed by atoms with Gasteiger partial charge in [-0.25, -0.2) is 0 Å².